The van der Waals surface area contributed by atoms with Gasteiger partial charge < -0.3 is 4.74 Å². The Bertz CT molecular complexity index is 507. The highest BCUT2D eigenvalue weighted by molar-refractivity contribution is 6.68. The minimum absolute atomic E-state index is 0.0316. The summed E-state index contributed by atoms with van der Waals surface area (Å²) in [5.74, 6) is 0.0668. The fourth-order valence-electron chi connectivity index (χ4n) is 1.13. The molecule has 1 aromatic rings. The summed E-state index contributed by atoms with van der Waals surface area (Å²) in [5, 5.41) is 18.4. The summed E-state index contributed by atoms with van der Waals surface area (Å²) >= 11 is 5.20. The second-order valence-corrected chi connectivity index (χ2v) is 3.06. The van der Waals surface area contributed by atoms with Gasteiger partial charge in [-0.2, -0.15) is 5.26 Å². The third-order valence-corrected chi connectivity index (χ3v) is 2.05. The minimum atomic E-state index is -0.977. The van der Waals surface area contributed by atoms with Crippen molar-refractivity contribution in [2.24, 2.45) is 0 Å². The lowest BCUT2D eigenvalue weighted by molar-refractivity contribution is -0.385. The van der Waals surface area contributed by atoms with E-state index in [4.69, 9.17) is 21.6 Å². The Morgan fingerprint density at radius 1 is 1.62 bits per heavy atom. The first-order valence-corrected chi connectivity index (χ1v) is 4.35. The fraction of sp³-hybridized carbons (Fsp3) is 0.111. The fourth-order valence-corrected chi connectivity index (χ4v) is 1.28. The zero-order valence-electron chi connectivity index (χ0n) is 8.06. The van der Waals surface area contributed by atoms with Crippen molar-refractivity contribution in [2.45, 2.75) is 0 Å². The molecule has 0 saturated carbocycles. The Balaban J connectivity index is 3.55. The molecule has 1 rings (SSSR count). The molecule has 0 N–H and O–H groups in total. The average molecular weight is 241 g/mol. The van der Waals surface area contributed by atoms with Gasteiger partial charge in [0, 0.05) is 12.1 Å². The molecule has 0 heterocycles. The molecule has 0 radical (unpaired) electrons. The molecule has 6 nitrogen and oxygen atoms in total. The van der Waals surface area contributed by atoms with E-state index in [2.05, 4.69) is 0 Å². The summed E-state index contributed by atoms with van der Waals surface area (Å²) in [6.45, 7) is 0. The molecule has 0 saturated heterocycles. The van der Waals surface area contributed by atoms with Crippen molar-refractivity contribution in [3.63, 3.8) is 0 Å². The summed E-state index contributed by atoms with van der Waals surface area (Å²) < 4.78 is 4.81. The molecule has 82 valence electrons. The maximum atomic E-state index is 11.0. The summed E-state index contributed by atoms with van der Waals surface area (Å²) in [6, 6.07) is 3.75. The van der Waals surface area contributed by atoms with Crippen LogP contribution in [-0.4, -0.2) is 17.3 Å². The predicted octanol–water partition coefficient (Wildman–Crippen LogP) is 1.85. The number of benzene rings is 1. The number of hydrogen-bond donors (Lipinski definition) is 0. The van der Waals surface area contributed by atoms with E-state index in [0.717, 1.165) is 12.1 Å². The molecule has 0 atom stereocenters. The van der Waals surface area contributed by atoms with Crippen molar-refractivity contribution < 1.29 is 14.5 Å². The van der Waals surface area contributed by atoms with Crippen LogP contribution in [0, 0.1) is 21.4 Å². The van der Waals surface area contributed by atoms with Crippen LogP contribution in [0.25, 0.3) is 0 Å². The number of carbonyl (C=O) groups excluding carboxylic acids is 1. The molecule has 0 aliphatic carbocycles. The Morgan fingerprint density at radius 3 is 2.62 bits per heavy atom. The van der Waals surface area contributed by atoms with E-state index in [9.17, 15) is 14.9 Å². The molecular formula is C9H5ClN2O4. The van der Waals surface area contributed by atoms with Crippen LogP contribution in [0.5, 0.6) is 5.75 Å². The number of methoxy groups -OCH3 is 1. The van der Waals surface area contributed by atoms with Gasteiger partial charge in [-0.05, 0) is 11.6 Å². The van der Waals surface area contributed by atoms with Crippen LogP contribution in [0.2, 0.25) is 0 Å². The Labute approximate surface area is 95.2 Å². The van der Waals surface area contributed by atoms with Gasteiger partial charge in [-0.25, -0.2) is 0 Å². The molecule has 0 aliphatic rings. The number of hydrogen-bond acceptors (Lipinski definition) is 5. The Hall–Kier alpha value is -2.13. The van der Waals surface area contributed by atoms with Gasteiger partial charge >= 0.3 is 0 Å². The maximum absolute atomic E-state index is 11.0. The van der Waals surface area contributed by atoms with Crippen LogP contribution in [-0.2, 0) is 0 Å². The standard InChI is InChI=1S/C9H5ClN2O4/c1-16-8-3-6(9(10)13)7(12(14)15)2-5(8)4-11/h2-3H,1H3. The molecule has 0 unspecified atom stereocenters. The number of ether oxygens (including phenoxy) is 1. The van der Waals surface area contributed by atoms with Crippen LogP contribution in [0.1, 0.15) is 15.9 Å². The molecule has 0 amide bonds. The zero-order valence-corrected chi connectivity index (χ0v) is 8.82. The normalized spacial score (nSPS) is 9.31. The van der Waals surface area contributed by atoms with Crippen LogP contribution in [0.3, 0.4) is 0 Å². The maximum Gasteiger partial charge on any atom is 0.283 e. The van der Waals surface area contributed by atoms with Crippen molar-refractivity contribution >= 4 is 22.5 Å². The van der Waals surface area contributed by atoms with Crippen LogP contribution in [0.4, 0.5) is 5.69 Å². The first-order chi connectivity index (χ1) is 7.51. The number of rotatable bonds is 3. The number of nitriles is 1. The van der Waals surface area contributed by atoms with Crippen LogP contribution >= 0.6 is 11.6 Å². The van der Waals surface area contributed by atoms with Gasteiger partial charge in [0.05, 0.1) is 12.0 Å². The highest BCUT2D eigenvalue weighted by Crippen LogP contribution is 2.29. The Kier molecular flexibility index (Phi) is 3.43. The topological polar surface area (TPSA) is 93.2 Å². The zero-order chi connectivity index (χ0) is 12.3. The first kappa shape index (κ1) is 11.9. The quantitative estimate of drug-likeness (QED) is 0.457. The van der Waals surface area contributed by atoms with E-state index in [0.29, 0.717) is 0 Å². The van der Waals surface area contributed by atoms with Gasteiger partial charge in [0.15, 0.2) is 0 Å². The lowest BCUT2D eigenvalue weighted by Crippen LogP contribution is -2.01. The third kappa shape index (κ3) is 2.10. The number of nitro benzene ring substituents is 1. The van der Waals surface area contributed by atoms with Gasteiger partial charge in [0.1, 0.15) is 22.9 Å². The smallest absolute Gasteiger partial charge is 0.283 e. The average Bonchev–Trinajstić information content (AvgIpc) is 2.26. The SMILES string of the molecule is COc1cc(C(=O)Cl)c([N+](=O)[O-])cc1C#N. The highest BCUT2D eigenvalue weighted by atomic mass is 35.5. The second-order valence-electron chi connectivity index (χ2n) is 2.71. The molecule has 16 heavy (non-hydrogen) atoms. The lowest BCUT2D eigenvalue weighted by Gasteiger charge is -2.04. The summed E-state index contributed by atoms with van der Waals surface area (Å²) in [7, 11) is 1.28. The van der Waals surface area contributed by atoms with Gasteiger partial charge in [-0.3, -0.25) is 14.9 Å². The molecule has 1 aromatic carbocycles. The van der Waals surface area contributed by atoms with E-state index in [1.165, 1.54) is 7.11 Å². The number of nitro groups is 1. The summed E-state index contributed by atoms with van der Waals surface area (Å²) in [5.41, 5.74) is -0.851. The minimum Gasteiger partial charge on any atom is -0.495 e. The van der Waals surface area contributed by atoms with Gasteiger partial charge in [0.25, 0.3) is 10.9 Å². The molecule has 0 fully saturated rings. The third-order valence-electron chi connectivity index (χ3n) is 1.85. The van der Waals surface area contributed by atoms with Crippen LogP contribution < -0.4 is 4.74 Å². The largest absolute Gasteiger partial charge is 0.495 e. The molecule has 0 aromatic heterocycles. The summed E-state index contributed by atoms with van der Waals surface area (Å²) in [6.07, 6.45) is 0. The van der Waals surface area contributed by atoms with Crippen molar-refractivity contribution in [3.05, 3.63) is 33.4 Å². The van der Waals surface area contributed by atoms with E-state index in [1.54, 1.807) is 6.07 Å². The number of carbonyl (C=O) groups is 1. The lowest BCUT2D eigenvalue weighted by atomic mass is 10.1. The van der Waals surface area contributed by atoms with E-state index in [1.807, 2.05) is 0 Å². The van der Waals surface area contributed by atoms with Crippen molar-refractivity contribution in [1.29, 1.82) is 5.26 Å². The van der Waals surface area contributed by atoms with Crippen LogP contribution in [0.15, 0.2) is 12.1 Å². The van der Waals surface area contributed by atoms with Crippen molar-refractivity contribution in [1.82, 2.24) is 0 Å². The second kappa shape index (κ2) is 4.59. The molecule has 0 aliphatic heterocycles. The highest BCUT2D eigenvalue weighted by Gasteiger charge is 2.22. The predicted molar refractivity (Wildman–Crippen MR) is 54.5 cm³/mol. The van der Waals surface area contributed by atoms with E-state index in [-0.39, 0.29) is 16.9 Å². The molecule has 0 bridgehead atoms. The van der Waals surface area contributed by atoms with Gasteiger partial charge in [-0.1, -0.05) is 0 Å². The summed E-state index contributed by atoms with van der Waals surface area (Å²) in [4.78, 5) is 20.8. The molecule has 7 heteroatoms. The molecule has 0 spiro atoms. The van der Waals surface area contributed by atoms with Gasteiger partial charge in [0.2, 0.25) is 0 Å². The van der Waals surface area contributed by atoms with Crippen molar-refractivity contribution in [2.75, 3.05) is 7.11 Å². The van der Waals surface area contributed by atoms with Crippen molar-refractivity contribution in [3.8, 4) is 11.8 Å². The first-order valence-electron chi connectivity index (χ1n) is 3.97. The monoisotopic (exact) mass is 240 g/mol. The van der Waals surface area contributed by atoms with Gasteiger partial charge in [-0.15, -0.1) is 0 Å². The van der Waals surface area contributed by atoms with E-state index >= 15 is 0 Å². The number of halogens is 1. The number of nitrogens with zero attached hydrogens (tertiary/aromatic N) is 2. The molecular weight excluding hydrogens is 236 g/mol. The Morgan fingerprint density at radius 2 is 2.25 bits per heavy atom. The van der Waals surface area contributed by atoms with E-state index < -0.39 is 15.9 Å².